The van der Waals surface area contributed by atoms with Gasteiger partial charge in [-0.25, -0.2) is 0 Å². The van der Waals surface area contributed by atoms with Gasteiger partial charge in [0.05, 0.1) is 24.4 Å². The maximum Gasteiger partial charge on any atom is 0.0850 e. The average molecular weight is 455 g/mol. The number of hydrogen-bond donors (Lipinski definition) is 2. The normalized spacial score (nSPS) is 39.5. The Labute approximate surface area is 201 Å². The first-order valence-electron chi connectivity index (χ1n) is 13.5. The predicted octanol–water partition coefficient (Wildman–Crippen LogP) is 6.52. The summed E-state index contributed by atoms with van der Waals surface area (Å²) in [6.45, 7) is 13.3. The van der Waals surface area contributed by atoms with Crippen LogP contribution in [-0.4, -0.2) is 34.6 Å². The molecule has 0 heterocycles. The first-order valence-corrected chi connectivity index (χ1v) is 13.5. The molecule has 0 spiro atoms. The number of rotatable bonds is 7. The van der Waals surface area contributed by atoms with Crippen molar-refractivity contribution in [3.05, 3.63) is 47.6 Å². The second-order valence-electron chi connectivity index (χ2n) is 11.9. The zero-order valence-corrected chi connectivity index (χ0v) is 21.3. The summed E-state index contributed by atoms with van der Waals surface area (Å²) in [6.07, 6.45) is 18.4. The zero-order valence-electron chi connectivity index (χ0n) is 21.3. The highest BCUT2D eigenvalue weighted by Crippen LogP contribution is 2.59. The molecule has 0 bridgehead atoms. The maximum absolute atomic E-state index is 10.4. The molecule has 4 rings (SSSR count). The van der Waals surface area contributed by atoms with E-state index in [0.29, 0.717) is 41.9 Å². The summed E-state index contributed by atoms with van der Waals surface area (Å²) in [7, 11) is 0. The van der Waals surface area contributed by atoms with E-state index in [2.05, 4.69) is 44.7 Å². The summed E-state index contributed by atoms with van der Waals surface area (Å²) >= 11 is 0. The van der Waals surface area contributed by atoms with Crippen LogP contribution in [0.1, 0.15) is 85.5 Å². The van der Waals surface area contributed by atoms with E-state index in [4.69, 9.17) is 4.74 Å². The quantitative estimate of drug-likeness (QED) is 0.430. The molecule has 0 aromatic carbocycles. The minimum atomic E-state index is -0.352. The van der Waals surface area contributed by atoms with Crippen molar-refractivity contribution in [3.63, 3.8) is 0 Å². The van der Waals surface area contributed by atoms with Crippen LogP contribution in [0, 0.1) is 29.1 Å². The van der Waals surface area contributed by atoms with Gasteiger partial charge in [0.1, 0.15) is 0 Å². The van der Waals surface area contributed by atoms with E-state index in [1.165, 1.54) is 44.9 Å². The van der Waals surface area contributed by atoms with Gasteiger partial charge in [0.2, 0.25) is 0 Å². The fraction of sp³-hybridized carbons (Fsp3) is 0.733. The third-order valence-electron chi connectivity index (χ3n) is 9.07. The molecular weight excluding hydrogens is 408 g/mol. The smallest absolute Gasteiger partial charge is 0.0850 e. The van der Waals surface area contributed by atoms with Crippen LogP contribution in [0.25, 0.3) is 0 Å². The van der Waals surface area contributed by atoms with Crippen molar-refractivity contribution in [2.24, 2.45) is 29.1 Å². The van der Waals surface area contributed by atoms with Crippen LogP contribution < -0.4 is 0 Å². The molecule has 4 saturated carbocycles. The number of fused-ring (bicyclic) bond motifs is 1. The zero-order chi connectivity index (χ0) is 23.8. The molecule has 2 N–H and O–H groups in total. The van der Waals surface area contributed by atoms with Crippen LogP contribution in [0.5, 0.6) is 0 Å². The molecule has 0 aromatic rings. The summed E-state index contributed by atoms with van der Waals surface area (Å²) in [5.74, 6) is 2.34. The van der Waals surface area contributed by atoms with Gasteiger partial charge >= 0.3 is 0 Å². The second kappa shape index (κ2) is 10.2. The molecular formula is C30H46O3. The Morgan fingerprint density at radius 2 is 1.85 bits per heavy atom. The van der Waals surface area contributed by atoms with Gasteiger partial charge in [-0.15, -0.1) is 0 Å². The van der Waals surface area contributed by atoms with E-state index in [-0.39, 0.29) is 24.4 Å². The molecule has 0 radical (unpaired) electrons. The van der Waals surface area contributed by atoms with Crippen LogP contribution >= 0.6 is 0 Å². The van der Waals surface area contributed by atoms with E-state index in [1.54, 1.807) is 5.57 Å². The first kappa shape index (κ1) is 24.9. The molecule has 0 amide bonds. The van der Waals surface area contributed by atoms with Gasteiger partial charge in [-0.2, -0.15) is 0 Å². The van der Waals surface area contributed by atoms with Crippen LogP contribution in [-0.2, 0) is 4.74 Å². The molecule has 7 atom stereocenters. The summed E-state index contributed by atoms with van der Waals surface area (Å²) in [5, 5.41) is 20.7. The third-order valence-corrected chi connectivity index (χ3v) is 9.07. The largest absolute Gasteiger partial charge is 0.393 e. The highest BCUT2D eigenvalue weighted by molar-refractivity contribution is 5.39. The van der Waals surface area contributed by atoms with Gasteiger partial charge in [0.25, 0.3) is 0 Å². The predicted molar refractivity (Wildman–Crippen MR) is 136 cm³/mol. The molecule has 33 heavy (non-hydrogen) atoms. The minimum absolute atomic E-state index is 0.0792. The van der Waals surface area contributed by atoms with Gasteiger partial charge in [-0.05, 0) is 105 Å². The third kappa shape index (κ3) is 5.57. The Bertz CT molecular complexity index is 799. The molecule has 3 nitrogen and oxygen atoms in total. The maximum atomic E-state index is 10.4. The summed E-state index contributed by atoms with van der Waals surface area (Å²) in [6, 6.07) is 0. The van der Waals surface area contributed by atoms with Gasteiger partial charge in [-0.3, -0.25) is 0 Å². The Hall–Kier alpha value is -1.16. The average Bonchev–Trinajstić information content (AvgIpc) is 3.54. The lowest BCUT2D eigenvalue weighted by Gasteiger charge is -2.44. The molecule has 3 heteroatoms. The number of ether oxygens (including phenoxy) is 1. The fourth-order valence-corrected chi connectivity index (χ4v) is 7.07. The summed E-state index contributed by atoms with van der Waals surface area (Å²) < 4.78 is 6.03. The van der Waals surface area contributed by atoms with E-state index in [9.17, 15) is 10.2 Å². The molecule has 4 aliphatic rings. The minimum Gasteiger partial charge on any atom is -0.393 e. The topological polar surface area (TPSA) is 49.7 Å². The van der Waals surface area contributed by atoms with Crippen molar-refractivity contribution in [3.8, 4) is 0 Å². The van der Waals surface area contributed by atoms with Crippen molar-refractivity contribution in [2.75, 3.05) is 0 Å². The van der Waals surface area contributed by atoms with Crippen molar-refractivity contribution in [1.29, 1.82) is 0 Å². The Kier molecular flexibility index (Phi) is 7.73. The molecule has 184 valence electrons. The van der Waals surface area contributed by atoms with Crippen molar-refractivity contribution < 1.29 is 14.9 Å². The molecule has 4 fully saturated rings. The molecule has 4 aliphatic carbocycles. The van der Waals surface area contributed by atoms with Crippen molar-refractivity contribution >= 4 is 0 Å². The van der Waals surface area contributed by atoms with Crippen molar-refractivity contribution in [2.45, 2.75) is 110 Å². The van der Waals surface area contributed by atoms with E-state index in [1.807, 2.05) is 13.8 Å². The molecule has 0 aliphatic heterocycles. The SMILES string of the molecule is C=C1/C(=C\C=C2/CCC[C@]3(C)[C@@H]([C@H](C)/C=C/[C@@H](O)C4CC4)CC[C@@H]23)C[C@@H](O)C[C@@H]1OC(C)C. The Balaban J connectivity index is 1.48. The number of hydrogen-bond acceptors (Lipinski definition) is 3. The number of allylic oxidation sites excluding steroid dienone is 4. The van der Waals surface area contributed by atoms with Crippen LogP contribution in [0.4, 0.5) is 0 Å². The number of aliphatic hydroxyl groups excluding tert-OH is 2. The molecule has 0 unspecified atom stereocenters. The fourth-order valence-electron chi connectivity index (χ4n) is 7.07. The second-order valence-corrected chi connectivity index (χ2v) is 11.9. The Morgan fingerprint density at radius 3 is 2.55 bits per heavy atom. The van der Waals surface area contributed by atoms with Crippen LogP contribution in [0.3, 0.4) is 0 Å². The molecule has 0 saturated heterocycles. The lowest BCUT2D eigenvalue weighted by Crippen LogP contribution is -2.35. The monoisotopic (exact) mass is 454 g/mol. The van der Waals surface area contributed by atoms with Gasteiger partial charge in [-0.1, -0.05) is 50.3 Å². The number of aliphatic hydroxyl groups is 2. The summed E-state index contributed by atoms with van der Waals surface area (Å²) in [4.78, 5) is 0. The standard InChI is InChI=1S/C30H46O3/c1-19(2)33-29-18-25(31)17-24(21(29)4)12-9-22-7-6-16-30(5)26(13-14-27(22)30)20(3)8-15-28(32)23-10-11-23/h8-9,12,15,19-20,23,25-29,31-32H,4,6-7,10-11,13-14,16-18H2,1-3,5H3/b15-8+,22-9+,24-12-/t20-,25-,26-,27+,28-,29+,30-/m1/s1. The van der Waals surface area contributed by atoms with Gasteiger partial charge in [0, 0.05) is 6.42 Å². The van der Waals surface area contributed by atoms with E-state index < -0.39 is 0 Å². The van der Waals surface area contributed by atoms with Gasteiger partial charge in [0.15, 0.2) is 0 Å². The first-order chi connectivity index (χ1) is 15.7. The lowest BCUT2D eigenvalue weighted by atomic mass is 9.61. The van der Waals surface area contributed by atoms with Crippen molar-refractivity contribution in [1.82, 2.24) is 0 Å². The van der Waals surface area contributed by atoms with Crippen LogP contribution in [0.15, 0.2) is 47.6 Å². The Morgan fingerprint density at radius 1 is 1.09 bits per heavy atom. The molecule has 0 aromatic heterocycles. The highest BCUT2D eigenvalue weighted by atomic mass is 16.5. The highest BCUT2D eigenvalue weighted by Gasteiger charge is 2.50. The van der Waals surface area contributed by atoms with Gasteiger partial charge < -0.3 is 14.9 Å². The van der Waals surface area contributed by atoms with E-state index >= 15 is 0 Å². The van der Waals surface area contributed by atoms with Crippen LogP contribution in [0.2, 0.25) is 0 Å². The summed E-state index contributed by atoms with van der Waals surface area (Å²) in [5.41, 5.74) is 4.12. The lowest BCUT2D eigenvalue weighted by molar-refractivity contribution is -0.00741. The van der Waals surface area contributed by atoms with E-state index in [0.717, 1.165) is 11.1 Å².